The molecule has 1 saturated heterocycles. The minimum atomic E-state index is -0.484. The second-order valence-corrected chi connectivity index (χ2v) is 8.96. The molecule has 0 radical (unpaired) electrons. The van der Waals surface area contributed by atoms with E-state index in [1.165, 1.54) is 12.7 Å². The van der Waals surface area contributed by atoms with Crippen molar-refractivity contribution >= 4 is 28.9 Å². The average molecular weight is 499 g/mol. The molecular formula is C28H30N6O3. The lowest BCUT2D eigenvalue weighted by molar-refractivity contribution is 0.0602. The van der Waals surface area contributed by atoms with E-state index in [2.05, 4.69) is 51.0 Å². The average Bonchev–Trinajstić information content (AvgIpc) is 3.31. The van der Waals surface area contributed by atoms with E-state index in [0.717, 1.165) is 29.1 Å². The minimum Gasteiger partial charge on any atom is -0.465 e. The molecular weight excluding hydrogens is 468 g/mol. The number of carbonyl (C=O) groups excluding carboxylic acids is 2. The normalized spacial score (nSPS) is 14.1. The number of hydrogen-bond donors (Lipinski definition) is 1. The minimum absolute atomic E-state index is 0.233. The lowest BCUT2D eigenvalue weighted by Crippen LogP contribution is -2.49. The van der Waals surface area contributed by atoms with E-state index in [1.54, 1.807) is 35.4 Å². The van der Waals surface area contributed by atoms with Gasteiger partial charge in [0.2, 0.25) is 0 Å². The van der Waals surface area contributed by atoms with E-state index in [9.17, 15) is 9.59 Å². The number of rotatable bonds is 6. The topological polar surface area (TPSA) is 92.6 Å². The van der Waals surface area contributed by atoms with Crippen molar-refractivity contribution in [2.45, 2.75) is 19.9 Å². The molecule has 0 saturated carbocycles. The van der Waals surface area contributed by atoms with Gasteiger partial charge in [-0.2, -0.15) is 0 Å². The number of benzene rings is 2. The number of para-hydroxylation sites is 1. The summed E-state index contributed by atoms with van der Waals surface area (Å²) in [6.45, 7) is 5.33. The summed E-state index contributed by atoms with van der Waals surface area (Å²) in [5.74, 6) is 0.435. The molecule has 3 heterocycles. The first-order valence-electron chi connectivity index (χ1n) is 12.4. The highest BCUT2D eigenvalue weighted by Gasteiger charge is 2.24. The molecule has 2 aromatic carbocycles. The number of pyridine rings is 1. The van der Waals surface area contributed by atoms with Gasteiger partial charge in [-0.1, -0.05) is 31.2 Å². The summed E-state index contributed by atoms with van der Waals surface area (Å²) >= 11 is 0. The molecule has 2 amide bonds. The van der Waals surface area contributed by atoms with Crippen LogP contribution in [0.4, 0.5) is 10.5 Å². The smallest absolute Gasteiger partial charge is 0.339 e. The monoisotopic (exact) mass is 498 g/mol. The Morgan fingerprint density at radius 2 is 1.73 bits per heavy atom. The summed E-state index contributed by atoms with van der Waals surface area (Å²) in [6, 6.07) is 19.0. The van der Waals surface area contributed by atoms with Crippen LogP contribution in [-0.4, -0.2) is 69.6 Å². The van der Waals surface area contributed by atoms with E-state index >= 15 is 0 Å². The van der Waals surface area contributed by atoms with Crippen LogP contribution in [0.1, 0.15) is 28.7 Å². The fourth-order valence-electron chi connectivity index (χ4n) is 4.60. The zero-order chi connectivity index (χ0) is 25.8. The van der Waals surface area contributed by atoms with Crippen molar-refractivity contribution < 1.29 is 14.3 Å². The van der Waals surface area contributed by atoms with E-state index < -0.39 is 5.97 Å². The fraction of sp³-hybridized carbons (Fsp3) is 0.286. The number of urea groups is 1. The number of nitrogens with zero attached hydrogens (tertiary/aromatic N) is 5. The molecule has 0 atom stereocenters. The standard InChI is InChI=1S/C28H30N6O3/c1-3-20-10-12-21(13-11-20)34-25(30-24-9-6-14-29-26(24)34)19-32-15-17-33(18-16-32)28(36)31-23-8-5-4-7-22(23)27(35)37-2/h4-14H,3,15-19H2,1-2H3,(H,31,36). The Morgan fingerprint density at radius 1 is 0.973 bits per heavy atom. The highest BCUT2D eigenvalue weighted by atomic mass is 16.5. The van der Waals surface area contributed by atoms with Crippen LogP contribution in [0.2, 0.25) is 0 Å². The van der Waals surface area contributed by atoms with E-state index in [4.69, 9.17) is 9.72 Å². The van der Waals surface area contributed by atoms with Crippen LogP contribution in [0.3, 0.4) is 0 Å². The van der Waals surface area contributed by atoms with Crippen LogP contribution in [0.25, 0.3) is 16.9 Å². The number of methoxy groups -OCH3 is 1. The summed E-state index contributed by atoms with van der Waals surface area (Å²) in [7, 11) is 1.32. The van der Waals surface area contributed by atoms with Crippen LogP contribution in [0, 0.1) is 0 Å². The Labute approximate surface area is 215 Å². The van der Waals surface area contributed by atoms with Crippen LogP contribution in [0.5, 0.6) is 0 Å². The molecule has 9 nitrogen and oxygen atoms in total. The highest BCUT2D eigenvalue weighted by Crippen LogP contribution is 2.22. The van der Waals surface area contributed by atoms with Crippen molar-refractivity contribution in [3.8, 4) is 5.69 Å². The Balaban J connectivity index is 1.28. The summed E-state index contributed by atoms with van der Waals surface area (Å²) in [5.41, 5.74) is 4.79. The molecule has 190 valence electrons. The number of anilines is 1. The lowest BCUT2D eigenvalue weighted by atomic mass is 10.1. The number of carbonyl (C=O) groups is 2. The first-order chi connectivity index (χ1) is 18.1. The molecule has 0 bridgehead atoms. The van der Waals surface area contributed by atoms with Gasteiger partial charge < -0.3 is 15.0 Å². The van der Waals surface area contributed by atoms with Gasteiger partial charge in [-0.15, -0.1) is 0 Å². The molecule has 5 rings (SSSR count). The van der Waals surface area contributed by atoms with Crippen molar-refractivity contribution in [3.05, 3.63) is 83.8 Å². The molecule has 9 heteroatoms. The van der Waals surface area contributed by atoms with Gasteiger partial charge in [0.25, 0.3) is 0 Å². The molecule has 1 N–H and O–H groups in total. The number of aryl methyl sites for hydroxylation is 1. The second kappa shape index (κ2) is 10.8. The number of esters is 1. The Kier molecular flexibility index (Phi) is 7.14. The Bertz CT molecular complexity index is 1410. The number of piperazine rings is 1. The van der Waals surface area contributed by atoms with Crippen molar-refractivity contribution in [3.63, 3.8) is 0 Å². The number of imidazole rings is 1. The van der Waals surface area contributed by atoms with Crippen LogP contribution < -0.4 is 5.32 Å². The number of fused-ring (bicyclic) bond motifs is 1. The zero-order valence-electron chi connectivity index (χ0n) is 21.1. The van der Waals surface area contributed by atoms with Gasteiger partial charge in [0.05, 0.1) is 24.9 Å². The lowest BCUT2D eigenvalue weighted by Gasteiger charge is -2.34. The van der Waals surface area contributed by atoms with Gasteiger partial charge in [0.15, 0.2) is 5.65 Å². The van der Waals surface area contributed by atoms with Crippen molar-refractivity contribution in [2.75, 3.05) is 38.6 Å². The molecule has 37 heavy (non-hydrogen) atoms. The molecule has 2 aromatic heterocycles. The largest absolute Gasteiger partial charge is 0.465 e. The van der Waals surface area contributed by atoms with Gasteiger partial charge in [-0.3, -0.25) is 9.47 Å². The molecule has 1 fully saturated rings. The molecule has 4 aromatic rings. The summed E-state index contributed by atoms with van der Waals surface area (Å²) < 4.78 is 6.95. The van der Waals surface area contributed by atoms with Gasteiger partial charge in [-0.05, 0) is 48.4 Å². The molecule has 1 aliphatic rings. The molecule has 1 aliphatic heterocycles. The molecule has 0 unspecified atom stereocenters. The summed E-state index contributed by atoms with van der Waals surface area (Å²) in [5, 5.41) is 2.86. The maximum Gasteiger partial charge on any atom is 0.339 e. The molecule has 0 spiro atoms. The quantitative estimate of drug-likeness (QED) is 0.402. The highest BCUT2D eigenvalue weighted by molar-refractivity contribution is 6.00. The van der Waals surface area contributed by atoms with Gasteiger partial charge in [-0.25, -0.2) is 19.6 Å². The van der Waals surface area contributed by atoms with Crippen LogP contribution >= 0.6 is 0 Å². The predicted octanol–water partition coefficient (Wildman–Crippen LogP) is 4.12. The number of ether oxygens (including phenoxy) is 1. The maximum atomic E-state index is 12.9. The summed E-state index contributed by atoms with van der Waals surface area (Å²) in [6.07, 6.45) is 2.78. The van der Waals surface area contributed by atoms with Crippen LogP contribution in [0.15, 0.2) is 66.9 Å². The van der Waals surface area contributed by atoms with Gasteiger partial charge in [0, 0.05) is 38.1 Å². The third-order valence-electron chi connectivity index (χ3n) is 6.69. The summed E-state index contributed by atoms with van der Waals surface area (Å²) in [4.78, 5) is 38.5. The van der Waals surface area contributed by atoms with Crippen LogP contribution in [-0.2, 0) is 17.7 Å². The zero-order valence-corrected chi connectivity index (χ0v) is 21.1. The number of nitrogens with one attached hydrogen (secondary N) is 1. The van der Waals surface area contributed by atoms with Gasteiger partial charge in [0.1, 0.15) is 11.3 Å². The SMILES string of the molecule is CCc1ccc(-n2c(CN3CCN(C(=O)Nc4ccccc4C(=O)OC)CC3)nc3cccnc32)cc1. The number of hydrogen-bond acceptors (Lipinski definition) is 6. The Hall–Kier alpha value is -4.24. The first kappa shape index (κ1) is 24.5. The van der Waals surface area contributed by atoms with Crippen molar-refractivity contribution in [2.24, 2.45) is 0 Å². The number of amides is 2. The predicted molar refractivity (Wildman–Crippen MR) is 142 cm³/mol. The first-order valence-corrected chi connectivity index (χ1v) is 12.4. The van der Waals surface area contributed by atoms with E-state index in [1.807, 2.05) is 12.1 Å². The van der Waals surface area contributed by atoms with Crippen molar-refractivity contribution in [1.29, 1.82) is 0 Å². The van der Waals surface area contributed by atoms with E-state index in [-0.39, 0.29) is 6.03 Å². The van der Waals surface area contributed by atoms with E-state index in [0.29, 0.717) is 44.0 Å². The fourth-order valence-corrected chi connectivity index (χ4v) is 4.60. The second-order valence-electron chi connectivity index (χ2n) is 8.96. The Morgan fingerprint density at radius 3 is 2.46 bits per heavy atom. The molecule has 0 aliphatic carbocycles. The third-order valence-corrected chi connectivity index (χ3v) is 6.69. The van der Waals surface area contributed by atoms with Gasteiger partial charge >= 0.3 is 12.0 Å². The number of aromatic nitrogens is 3. The maximum absolute atomic E-state index is 12.9. The van der Waals surface area contributed by atoms with Crippen molar-refractivity contribution in [1.82, 2.24) is 24.3 Å². The third kappa shape index (κ3) is 5.17.